The fourth-order valence-electron chi connectivity index (χ4n) is 2.44. The van der Waals surface area contributed by atoms with Crippen LogP contribution in [0.2, 0.25) is 0 Å². The van der Waals surface area contributed by atoms with Gasteiger partial charge in [-0.2, -0.15) is 0 Å². The van der Waals surface area contributed by atoms with Crippen molar-refractivity contribution in [3.05, 3.63) is 29.3 Å². The maximum atomic E-state index is 13.9. The number of carboxylic acids is 1. The van der Waals surface area contributed by atoms with Gasteiger partial charge in [-0.05, 0) is 30.9 Å². The molecule has 2 rings (SSSR count). The van der Waals surface area contributed by atoms with E-state index in [0.29, 0.717) is 13.2 Å². The number of aromatic carboxylic acids is 1. The van der Waals surface area contributed by atoms with Gasteiger partial charge < -0.3 is 14.7 Å². The van der Waals surface area contributed by atoms with Crippen molar-refractivity contribution in [3.63, 3.8) is 0 Å². The molecule has 110 valence electrons. The van der Waals surface area contributed by atoms with Crippen LogP contribution in [0.15, 0.2) is 12.1 Å². The fourth-order valence-corrected chi connectivity index (χ4v) is 2.44. The first-order chi connectivity index (χ1) is 9.50. The smallest absolute Gasteiger partial charge is 0.338 e. The lowest BCUT2D eigenvalue weighted by Crippen LogP contribution is -2.31. The number of rotatable bonds is 4. The van der Waals surface area contributed by atoms with Crippen LogP contribution in [0.1, 0.15) is 23.2 Å². The summed E-state index contributed by atoms with van der Waals surface area (Å²) in [4.78, 5) is 12.3. The zero-order chi connectivity index (χ0) is 14.7. The van der Waals surface area contributed by atoms with E-state index in [1.807, 2.05) is 0 Å². The number of ether oxygens (including phenoxy) is 1. The van der Waals surface area contributed by atoms with Crippen molar-refractivity contribution in [2.45, 2.75) is 12.8 Å². The average molecular weight is 285 g/mol. The molecular formula is C14H17F2NO3. The molecule has 1 heterocycles. The lowest BCUT2D eigenvalue weighted by atomic mass is 10.0. The quantitative estimate of drug-likeness (QED) is 0.923. The Kier molecular flexibility index (Phi) is 4.54. The number of benzene rings is 1. The van der Waals surface area contributed by atoms with Gasteiger partial charge in [0.1, 0.15) is 0 Å². The molecule has 1 saturated heterocycles. The second-order valence-electron chi connectivity index (χ2n) is 5.03. The van der Waals surface area contributed by atoms with E-state index in [0.717, 1.165) is 25.5 Å². The minimum Gasteiger partial charge on any atom is -0.478 e. The van der Waals surface area contributed by atoms with Crippen LogP contribution < -0.4 is 4.90 Å². The molecule has 0 spiro atoms. The van der Waals surface area contributed by atoms with E-state index in [1.165, 1.54) is 6.07 Å². The molecule has 1 unspecified atom stereocenters. The third-order valence-electron chi connectivity index (χ3n) is 3.49. The van der Waals surface area contributed by atoms with Crippen molar-refractivity contribution in [2.24, 2.45) is 5.92 Å². The van der Waals surface area contributed by atoms with Gasteiger partial charge in [0.15, 0.2) is 11.6 Å². The van der Waals surface area contributed by atoms with E-state index < -0.39 is 23.2 Å². The van der Waals surface area contributed by atoms with Crippen LogP contribution in [-0.2, 0) is 4.74 Å². The highest BCUT2D eigenvalue weighted by atomic mass is 19.2. The Morgan fingerprint density at radius 3 is 2.80 bits per heavy atom. The first kappa shape index (κ1) is 14.7. The molecule has 0 radical (unpaired) electrons. The van der Waals surface area contributed by atoms with E-state index in [9.17, 15) is 13.6 Å². The third-order valence-corrected chi connectivity index (χ3v) is 3.49. The summed E-state index contributed by atoms with van der Waals surface area (Å²) < 4.78 is 32.9. The molecule has 0 amide bonds. The summed E-state index contributed by atoms with van der Waals surface area (Å²) in [6.07, 6.45) is 1.95. The second-order valence-corrected chi connectivity index (χ2v) is 5.03. The van der Waals surface area contributed by atoms with Gasteiger partial charge in [-0.25, -0.2) is 13.6 Å². The van der Waals surface area contributed by atoms with Gasteiger partial charge in [-0.1, -0.05) is 0 Å². The molecule has 1 aliphatic heterocycles. The summed E-state index contributed by atoms with van der Waals surface area (Å²) >= 11 is 0. The van der Waals surface area contributed by atoms with E-state index in [4.69, 9.17) is 9.84 Å². The van der Waals surface area contributed by atoms with Crippen molar-refractivity contribution in [2.75, 3.05) is 31.7 Å². The van der Waals surface area contributed by atoms with Crippen molar-refractivity contribution < 1.29 is 23.4 Å². The number of hydrogen-bond donors (Lipinski definition) is 1. The van der Waals surface area contributed by atoms with Gasteiger partial charge in [0.25, 0.3) is 0 Å². The van der Waals surface area contributed by atoms with Crippen LogP contribution in [-0.4, -0.2) is 37.9 Å². The highest BCUT2D eigenvalue weighted by molar-refractivity contribution is 5.88. The fraction of sp³-hybridized carbons (Fsp3) is 0.500. The Labute approximate surface area is 116 Å². The monoisotopic (exact) mass is 285 g/mol. The second kappa shape index (κ2) is 6.17. The summed E-state index contributed by atoms with van der Waals surface area (Å²) in [5, 5.41) is 8.74. The number of carbonyl (C=O) groups is 1. The predicted octanol–water partition coefficient (Wildman–Crippen LogP) is 2.53. The van der Waals surface area contributed by atoms with Crippen molar-refractivity contribution in [1.29, 1.82) is 0 Å². The number of carboxylic acid groups (broad SMARTS) is 1. The van der Waals surface area contributed by atoms with Gasteiger partial charge in [0.05, 0.1) is 17.9 Å². The van der Waals surface area contributed by atoms with Crippen LogP contribution in [0.5, 0.6) is 0 Å². The van der Waals surface area contributed by atoms with E-state index >= 15 is 0 Å². The van der Waals surface area contributed by atoms with E-state index in [2.05, 4.69) is 0 Å². The number of hydrogen-bond acceptors (Lipinski definition) is 3. The molecule has 20 heavy (non-hydrogen) atoms. The SMILES string of the molecule is CN(CC1CCCOC1)c1ccc(C(=O)O)c(F)c1F. The van der Waals surface area contributed by atoms with Crippen LogP contribution in [0.25, 0.3) is 0 Å². The Balaban J connectivity index is 2.15. The van der Waals surface area contributed by atoms with Gasteiger partial charge in [-0.15, -0.1) is 0 Å². The van der Waals surface area contributed by atoms with Crippen molar-refractivity contribution in [3.8, 4) is 0 Å². The molecule has 1 aromatic carbocycles. The normalized spacial score (nSPS) is 18.9. The molecular weight excluding hydrogens is 268 g/mol. The van der Waals surface area contributed by atoms with E-state index in [-0.39, 0.29) is 11.6 Å². The maximum Gasteiger partial charge on any atom is 0.338 e. The number of halogens is 2. The van der Waals surface area contributed by atoms with Gasteiger partial charge in [-0.3, -0.25) is 0 Å². The predicted molar refractivity (Wildman–Crippen MR) is 70.1 cm³/mol. The summed E-state index contributed by atoms with van der Waals surface area (Å²) in [5.74, 6) is -3.64. The molecule has 0 aliphatic carbocycles. The largest absolute Gasteiger partial charge is 0.478 e. The van der Waals surface area contributed by atoms with Crippen LogP contribution in [0.4, 0.5) is 14.5 Å². The maximum absolute atomic E-state index is 13.9. The minimum absolute atomic E-state index is 0.0677. The molecule has 1 fully saturated rings. The zero-order valence-corrected chi connectivity index (χ0v) is 11.2. The van der Waals surface area contributed by atoms with Crippen LogP contribution in [0, 0.1) is 17.6 Å². The summed E-state index contributed by atoms with van der Waals surface area (Å²) in [5.41, 5.74) is -0.585. The highest BCUT2D eigenvalue weighted by Crippen LogP contribution is 2.25. The standard InChI is InChI=1S/C14H17F2NO3/c1-17(7-9-3-2-6-20-8-9)11-5-4-10(14(18)19)12(15)13(11)16/h4-5,9H,2-3,6-8H2,1H3,(H,18,19). The Bertz CT molecular complexity index is 501. The highest BCUT2D eigenvalue weighted by Gasteiger charge is 2.22. The van der Waals surface area contributed by atoms with Crippen molar-refractivity contribution >= 4 is 11.7 Å². The summed E-state index contributed by atoms with van der Waals surface area (Å²) in [6, 6.07) is 2.38. The average Bonchev–Trinajstić information content (AvgIpc) is 2.42. The van der Waals surface area contributed by atoms with Crippen molar-refractivity contribution in [1.82, 2.24) is 0 Å². The van der Waals surface area contributed by atoms with Gasteiger partial charge in [0.2, 0.25) is 0 Å². The summed E-state index contributed by atoms with van der Waals surface area (Å²) in [6.45, 7) is 1.90. The van der Waals surface area contributed by atoms with E-state index in [1.54, 1.807) is 11.9 Å². The molecule has 0 saturated carbocycles. The Morgan fingerprint density at radius 2 is 2.20 bits per heavy atom. The molecule has 6 heteroatoms. The molecule has 0 bridgehead atoms. The lowest BCUT2D eigenvalue weighted by molar-refractivity contribution is 0.0576. The third kappa shape index (κ3) is 3.07. The Morgan fingerprint density at radius 1 is 1.45 bits per heavy atom. The topological polar surface area (TPSA) is 49.8 Å². The van der Waals surface area contributed by atoms with Crippen LogP contribution in [0.3, 0.4) is 0 Å². The Hall–Kier alpha value is -1.69. The first-order valence-electron chi connectivity index (χ1n) is 6.51. The number of nitrogens with zero attached hydrogens (tertiary/aromatic N) is 1. The lowest BCUT2D eigenvalue weighted by Gasteiger charge is -2.28. The van der Waals surface area contributed by atoms with Gasteiger partial charge >= 0.3 is 5.97 Å². The first-order valence-corrected chi connectivity index (χ1v) is 6.51. The number of anilines is 1. The molecule has 1 aromatic rings. The molecule has 0 aromatic heterocycles. The molecule has 4 nitrogen and oxygen atoms in total. The summed E-state index contributed by atoms with van der Waals surface area (Å²) in [7, 11) is 1.66. The zero-order valence-electron chi connectivity index (χ0n) is 11.2. The van der Waals surface area contributed by atoms with Crippen LogP contribution >= 0.6 is 0 Å². The molecule has 1 atom stereocenters. The van der Waals surface area contributed by atoms with Gasteiger partial charge in [0, 0.05) is 20.2 Å². The molecule has 1 N–H and O–H groups in total. The molecule has 1 aliphatic rings. The minimum atomic E-state index is -1.48.